The third-order valence-corrected chi connectivity index (χ3v) is 3.54. The molecule has 0 N–H and O–H groups in total. The minimum absolute atomic E-state index is 0.00412. The normalized spacial score (nSPS) is 15.9. The average molecular weight is 307 g/mol. The monoisotopic (exact) mass is 307 g/mol. The second kappa shape index (κ2) is 5.99. The Bertz CT molecular complexity index is 493. The second-order valence-corrected chi connectivity index (χ2v) is 5.06. The summed E-state index contributed by atoms with van der Waals surface area (Å²) >= 11 is 0. The lowest BCUT2D eigenvalue weighted by Crippen LogP contribution is -2.48. The third kappa shape index (κ3) is 3.92. The summed E-state index contributed by atoms with van der Waals surface area (Å²) in [6.07, 6.45) is -5.29. The summed E-state index contributed by atoms with van der Waals surface area (Å²) in [7, 11) is 0. The van der Waals surface area contributed by atoms with Crippen molar-refractivity contribution in [2.24, 2.45) is 0 Å². The van der Waals surface area contributed by atoms with Crippen LogP contribution < -0.4 is 0 Å². The van der Waals surface area contributed by atoms with Gasteiger partial charge in [0.05, 0.1) is 0 Å². The van der Waals surface area contributed by atoms with Crippen LogP contribution in [0.15, 0.2) is 24.3 Å². The number of rotatable bonds is 4. The van der Waals surface area contributed by atoms with Gasteiger partial charge in [-0.3, -0.25) is 4.79 Å². The van der Waals surface area contributed by atoms with Crippen molar-refractivity contribution in [3.8, 4) is 0 Å². The van der Waals surface area contributed by atoms with Crippen LogP contribution in [0, 0.1) is 0 Å². The Labute approximate surface area is 118 Å². The van der Waals surface area contributed by atoms with Gasteiger partial charge in [0.1, 0.15) is 6.54 Å². The molecule has 2 nitrogen and oxygen atoms in total. The van der Waals surface area contributed by atoms with Gasteiger partial charge in [0.2, 0.25) is 0 Å². The first-order valence-electron chi connectivity index (χ1n) is 6.54. The molecule has 1 amide bonds. The lowest BCUT2D eigenvalue weighted by molar-refractivity contribution is -0.147. The highest BCUT2D eigenvalue weighted by Crippen LogP contribution is 2.30. The maximum Gasteiger partial charge on any atom is 0.406 e. The summed E-state index contributed by atoms with van der Waals surface area (Å²) in [4.78, 5) is 13.0. The van der Waals surface area contributed by atoms with Gasteiger partial charge in [-0.05, 0) is 31.4 Å². The molecule has 1 fully saturated rings. The quantitative estimate of drug-likeness (QED) is 0.764. The Morgan fingerprint density at radius 3 is 2.14 bits per heavy atom. The Balaban J connectivity index is 2.17. The number of carbonyl (C=O) groups excluding carboxylic acids is 1. The van der Waals surface area contributed by atoms with Crippen molar-refractivity contribution >= 4 is 5.91 Å². The van der Waals surface area contributed by atoms with Crippen LogP contribution in [0.5, 0.6) is 0 Å². The molecular weight excluding hydrogens is 293 g/mol. The summed E-state index contributed by atoms with van der Waals surface area (Å²) in [5.41, 5.74) is -0.270. The van der Waals surface area contributed by atoms with E-state index in [0.717, 1.165) is 35.6 Å². The Kier molecular flexibility index (Phi) is 4.49. The molecule has 0 bridgehead atoms. The van der Waals surface area contributed by atoms with Gasteiger partial charge in [-0.15, -0.1) is 0 Å². The predicted molar refractivity (Wildman–Crippen MR) is 66.1 cm³/mol. The number of carbonyl (C=O) groups is 1. The number of halogens is 5. The molecule has 0 atom stereocenters. The zero-order valence-corrected chi connectivity index (χ0v) is 11.0. The second-order valence-electron chi connectivity index (χ2n) is 5.06. The molecule has 0 aromatic heterocycles. The highest BCUT2D eigenvalue weighted by atomic mass is 19.4. The van der Waals surface area contributed by atoms with E-state index in [9.17, 15) is 26.7 Å². The van der Waals surface area contributed by atoms with E-state index in [2.05, 4.69) is 0 Å². The summed E-state index contributed by atoms with van der Waals surface area (Å²) in [5.74, 6) is -0.766. The van der Waals surface area contributed by atoms with Crippen LogP contribution in [0.1, 0.15) is 41.6 Å². The smallest absolute Gasteiger partial charge is 0.327 e. The molecule has 0 aliphatic heterocycles. The van der Waals surface area contributed by atoms with Gasteiger partial charge in [0.15, 0.2) is 0 Å². The molecule has 0 radical (unpaired) electrons. The van der Waals surface area contributed by atoms with Crippen LogP contribution in [0.25, 0.3) is 0 Å². The summed E-state index contributed by atoms with van der Waals surface area (Å²) in [5, 5.41) is 0. The van der Waals surface area contributed by atoms with Crippen molar-refractivity contribution in [3.63, 3.8) is 0 Å². The molecule has 116 valence electrons. The lowest BCUT2D eigenvalue weighted by atomic mass is 9.91. The lowest BCUT2D eigenvalue weighted by Gasteiger charge is -2.38. The zero-order chi connectivity index (χ0) is 15.6. The fourth-order valence-electron chi connectivity index (χ4n) is 2.20. The highest BCUT2D eigenvalue weighted by Gasteiger charge is 2.38. The number of nitrogens with zero attached hydrogens (tertiary/aromatic N) is 1. The van der Waals surface area contributed by atoms with Crippen molar-refractivity contribution < 1.29 is 26.7 Å². The number of alkyl halides is 5. The van der Waals surface area contributed by atoms with Crippen molar-refractivity contribution in [2.75, 3.05) is 6.54 Å². The van der Waals surface area contributed by atoms with E-state index in [1.54, 1.807) is 0 Å². The van der Waals surface area contributed by atoms with Gasteiger partial charge >= 0.3 is 6.18 Å². The minimum Gasteiger partial charge on any atom is -0.327 e. The first kappa shape index (κ1) is 15.7. The summed E-state index contributed by atoms with van der Waals surface area (Å²) in [6.45, 7) is -1.31. The van der Waals surface area contributed by atoms with Gasteiger partial charge in [0, 0.05) is 17.2 Å². The van der Waals surface area contributed by atoms with E-state index in [0.29, 0.717) is 12.8 Å². The molecule has 7 heteroatoms. The van der Waals surface area contributed by atoms with Crippen molar-refractivity contribution in [1.29, 1.82) is 0 Å². The van der Waals surface area contributed by atoms with Crippen LogP contribution in [0.3, 0.4) is 0 Å². The van der Waals surface area contributed by atoms with Crippen LogP contribution >= 0.6 is 0 Å². The SMILES string of the molecule is O=C(c1ccc(C(F)F)cc1)N(CC(F)(F)F)C1CCC1. The molecule has 0 saturated heterocycles. The first-order valence-corrected chi connectivity index (χ1v) is 6.54. The van der Waals surface area contributed by atoms with E-state index < -0.39 is 31.1 Å². The Morgan fingerprint density at radius 1 is 1.19 bits per heavy atom. The van der Waals surface area contributed by atoms with E-state index in [-0.39, 0.29) is 11.1 Å². The van der Waals surface area contributed by atoms with Gasteiger partial charge in [-0.2, -0.15) is 13.2 Å². The van der Waals surface area contributed by atoms with Crippen LogP contribution in [0.2, 0.25) is 0 Å². The number of amides is 1. The summed E-state index contributed by atoms with van der Waals surface area (Å²) in [6, 6.07) is 3.99. The van der Waals surface area contributed by atoms with Crippen molar-refractivity contribution in [1.82, 2.24) is 4.90 Å². The molecule has 1 aromatic rings. The molecule has 1 aromatic carbocycles. The molecule has 1 aliphatic carbocycles. The Morgan fingerprint density at radius 2 is 1.76 bits per heavy atom. The molecule has 21 heavy (non-hydrogen) atoms. The molecule has 0 spiro atoms. The van der Waals surface area contributed by atoms with Gasteiger partial charge in [0.25, 0.3) is 12.3 Å². The van der Waals surface area contributed by atoms with E-state index in [1.807, 2.05) is 0 Å². The number of hydrogen-bond donors (Lipinski definition) is 0. The number of benzene rings is 1. The molecular formula is C14H14F5NO. The molecule has 0 unspecified atom stereocenters. The first-order chi connectivity index (χ1) is 9.78. The van der Waals surface area contributed by atoms with Crippen LogP contribution in [0.4, 0.5) is 22.0 Å². The van der Waals surface area contributed by atoms with E-state index >= 15 is 0 Å². The van der Waals surface area contributed by atoms with Gasteiger partial charge < -0.3 is 4.90 Å². The highest BCUT2D eigenvalue weighted by molar-refractivity contribution is 5.94. The van der Waals surface area contributed by atoms with Gasteiger partial charge in [-0.1, -0.05) is 12.1 Å². The average Bonchev–Trinajstić information content (AvgIpc) is 2.33. The zero-order valence-electron chi connectivity index (χ0n) is 11.0. The van der Waals surface area contributed by atoms with E-state index in [4.69, 9.17) is 0 Å². The van der Waals surface area contributed by atoms with Crippen LogP contribution in [-0.2, 0) is 0 Å². The minimum atomic E-state index is -4.48. The molecule has 1 saturated carbocycles. The van der Waals surface area contributed by atoms with Crippen molar-refractivity contribution in [2.45, 2.75) is 37.9 Å². The van der Waals surface area contributed by atoms with E-state index in [1.165, 1.54) is 0 Å². The fraction of sp³-hybridized carbons (Fsp3) is 0.500. The van der Waals surface area contributed by atoms with Crippen molar-refractivity contribution in [3.05, 3.63) is 35.4 Å². The summed E-state index contributed by atoms with van der Waals surface area (Å²) < 4.78 is 62.6. The third-order valence-electron chi connectivity index (χ3n) is 3.54. The predicted octanol–water partition coefficient (Wildman–Crippen LogP) is 4.18. The Hall–Kier alpha value is -1.66. The molecule has 1 aliphatic rings. The van der Waals surface area contributed by atoms with Crippen LogP contribution in [-0.4, -0.2) is 29.6 Å². The molecule has 2 rings (SSSR count). The standard InChI is InChI=1S/C14H14F5NO/c15-12(16)9-4-6-10(7-5-9)13(21)20(8-14(17,18)19)11-2-1-3-11/h4-7,11-12H,1-3,8H2. The largest absolute Gasteiger partial charge is 0.406 e. The topological polar surface area (TPSA) is 20.3 Å². The number of hydrogen-bond acceptors (Lipinski definition) is 1. The van der Waals surface area contributed by atoms with Gasteiger partial charge in [-0.25, -0.2) is 8.78 Å². The maximum absolute atomic E-state index is 12.6. The molecule has 0 heterocycles. The fourth-order valence-corrected chi connectivity index (χ4v) is 2.20. The maximum atomic E-state index is 12.6.